The summed E-state index contributed by atoms with van der Waals surface area (Å²) >= 11 is 6.70. The van der Waals surface area contributed by atoms with Crippen LogP contribution in [0.4, 0.5) is 4.39 Å². The first-order valence-electron chi connectivity index (χ1n) is 6.37. The minimum atomic E-state index is -0.195. The predicted octanol–water partition coefficient (Wildman–Crippen LogP) is 4.90. The smallest absolute Gasteiger partial charge is 0.252 e. The minimum Gasteiger partial charge on any atom is -0.348 e. The Hall–Kier alpha value is -1.20. The summed E-state index contributed by atoms with van der Waals surface area (Å²) in [5.41, 5.74) is 2.61. The number of nitrogens with one attached hydrogen (secondary N) is 1. The fraction of sp³-hybridized carbons (Fsp3) is 0.188. The highest BCUT2D eigenvalue weighted by Gasteiger charge is 2.11. The Morgan fingerprint density at radius 1 is 1.14 bits per heavy atom. The fourth-order valence-corrected chi connectivity index (χ4v) is 2.87. The van der Waals surface area contributed by atoms with Gasteiger partial charge in [-0.3, -0.25) is 4.79 Å². The highest BCUT2D eigenvalue weighted by Crippen LogP contribution is 2.21. The zero-order valence-electron chi connectivity index (χ0n) is 11.6. The molecule has 1 N–H and O–H groups in total. The van der Waals surface area contributed by atoms with Crippen molar-refractivity contribution < 1.29 is 9.18 Å². The number of carbonyl (C=O) groups is 1. The molecule has 5 heteroatoms. The van der Waals surface area contributed by atoms with Crippen molar-refractivity contribution in [2.45, 2.75) is 20.4 Å². The SMILES string of the molecule is Cc1cc(CNC(=O)c2cc(Br)ccc2Br)cc(C)c1F. The molecule has 0 atom stereocenters. The minimum absolute atomic E-state index is 0.178. The molecule has 0 heterocycles. The number of halogens is 3. The molecule has 0 spiro atoms. The van der Waals surface area contributed by atoms with Crippen LogP contribution in [0.25, 0.3) is 0 Å². The standard InChI is InChI=1S/C16H14Br2FNO/c1-9-5-11(6-10(2)15(9)19)8-20-16(21)13-7-12(17)3-4-14(13)18/h3-7H,8H2,1-2H3,(H,20,21). The summed E-state index contributed by atoms with van der Waals surface area (Å²) in [7, 11) is 0. The zero-order valence-corrected chi connectivity index (χ0v) is 14.8. The molecule has 0 bridgehead atoms. The van der Waals surface area contributed by atoms with Gasteiger partial charge in [0.15, 0.2) is 0 Å². The van der Waals surface area contributed by atoms with E-state index in [9.17, 15) is 9.18 Å². The number of benzene rings is 2. The van der Waals surface area contributed by atoms with Crippen molar-refractivity contribution >= 4 is 37.8 Å². The molecule has 0 aliphatic rings. The first-order valence-corrected chi connectivity index (χ1v) is 7.96. The number of hydrogen-bond acceptors (Lipinski definition) is 1. The van der Waals surface area contributed by atoms with Gasteiger partial charge in [0.25, 0.3) is 5.91 Å². The van der Waals surface area contributed by atoms with E-state index in [1.807, 2.05) is 12.1 Å². The van der Waals surface area contributed by atoms with Gasteiger partial charge in [-0.15, -0.1) is 0 Å². The molecule has 110 valence electrons. The highest BCUT2D eigenvalue weighted by molar-refractivity contribution is 9.11. The van der Waals surface area contributed by atoms with Crippen LogP contribution in [0.15, 0.2) is 39.3 Å². The largest absolute Gasteiger partial charge is 0.348 e. The van der Waals surface area contributed by atoms with E-state index < -0.39 is 0 Å². The van der Waals surface area contributed by atoms with Gasteiger partial charge >= 0.3 is 0 Å². The molecule has 0 aromatic heterocycles. The molecular weight excluding hydrogens is 401 g/mol. The summed E-state index contributed by atoms with van der Waals surface area (Å²) in [6, 6.07) is 8.91. The van der Waals surface area contributed by atoms with Gasteiger partial charge in [-0.25, -0.2) is 4.39 Å². The molecule has 2 aromatic rings. The number of rotatable bonds is 3. The Balaban J connectivity index is 2.13. The molecule has 0 radical (unpaired) electrons. The van der Waals surface area contributed by atoms with Crippen LogP contribution in [0.2, 0.25) is 0 Å². The van der Waals surface area contributed by atoms with Crippen LogP contribution in [0, 0.1) is 19.7 Å². The lowest BCUT2D eigenvalue weighted by atomic mass is 10.1. The van der Waals surface area contributed by atoms with Crippen molar-refractivity contribution in [3.05, 3.63) is 67.3 Å². The summed E-state index contributed by atoms with van der Waals surface area (Å²) in [5, 5.41) is 2.84. The second kappa shape index (κ2) is 6.71. The summed E-state index contributed by atoms with van der Waals surface area (Å²) in [6.07, 6.45) is 0. The third-order valence-electron chi connectivity index (χ3n) is 3.12. The molecule has 2 rings (SSSR count). The van der Waals surface area contributed by atoms with E-state index in [1.165, 1.54) is 0 Å². The Morgan fingerprint density at radius 3 is 2.38 bits per heavy atom. The first-order chi connectivity index (χ1) is 9.88. The van der Waals surface area contributed by atoms with E-state index in [1.54, 1.807) is 32.0 Å². The first kappa shape index (κ1) is 16.2. The van der Waals surface area contributed by atoms with E-state index in [0.717, 1.165) is 14.5 Å². The van der Waals surface area contributed by atoms with E-state index >= 15 is 0 Å². The van der Waals surface area contributed by atoms with E-state index in [-0.39, 0.29) is 11.7 Å². The Bertz CT molecular complexity index is 678. The van der Waals surface area contributed by atoms with Gasteiger partial charge in [0, 0.05) is 15.5 Å². The van der Waals surface area contributed by atoms with Gasteiger partial charge in [0.2, 0.25) is 0 Å². The van der Waals surface area contributed by atoms with Crippen molar-refractivity contribution in [1.82, 2.24) is 5.32 Å². The molecule has 0 saturated heterocycles. The van der Waals surface area contributed by atoms with Crippen molar-refractivity contribution in [2.24, 2.45) is 0 Å². The van der Waals surface area contributed by atoms with Crippen molar-refractivity contribution in [3.63, 3.8) is 0 Å². The van der Waals surface area contributed by atoms with E-state index in [4.69, 9.17) is 0 Å². The summed E-state index contributed by atoms with van der Waals surface area (Å²) < 4.78 is 15.1. The van der Waals surface area contributed by atoms with Crippen LogP contribution >= 0.6 is 31.9 Å². The Kier molecular flexibility index (Phi) is 5.17. The summed E-state index contributed by atoms with van der Waals surface area (Å²) in [6.45, 7) is 3.80. The molecule has 21 heavy (non-hydrogen) atoms. The molecule has 0 saturated carbocycles. The Labute approximate surface area is 140 Å². The number of carbonyl (C=O) groups excluding carboxylic acids is 1. The number of amides is 1. The monoisotopic (exact) mass is 413 g/mol. The van der Waals surface area contributed by atoms with Gasteiger partial charge in [-0.05, 0) is 64.7 Å². The fourth-order valence-electron chi connectivity index (χ4n) is 2.09. The number of hydrogen-bond donors (Lipinski definition) is 1. The van der Waals surface area contributed by atoms with Crippen LogP contribution in [0.3, 0.4) is 0 Å². The molecule has 0 aliphatic heterocycles. The molecular formula is C16H14Br2FNO. The molecule has 1 amide bonds. The third-order valence-corrected chi connectivity index (χ3v) is 4.31. The summed E-state index contributed by atoms with van der Waals surface area (Å²) in [5.74, 6) is -0.373. The highest BCUT2D eigenvalue weighted by atomic mass is 79.9. The van der Waals surface area contributed by atoms with Crippen LogP contribution in [-0.2, 0) is 6.54 Å². The molecule has 2 aromatic carbocycles. The van der Waals surface area contributed by atoms with E-state index in [0.29, 0.717) is 23.2 Å². The zero-order chi connectivity index (χ0) is 15.6. The normalized spacial score (nSPS) is 10.5. The van der Waals surface area contributed by atoms with Gasteiger partial charge in [-0.1, -0.05) is 28.1 Å². The Morgan fingerprint density at radius 2 is 1.76 bits per heavy atom. The van der Waals surface area contributed by atoms with Crippen molar-refractivity contribution in [2.75, 3.05) is 0 Å². The molecule has 2 nitrogen and oxygen atoms in total. The lowest BCUT2D eigenvalue weighted by molar-refractivity contribution is 0.0950. The van der Waals surface area contributed by atoms with Crippen LogP contribution < -0.4 is 5.32 Å². The second-order valence-corrected chi connectivity index (χ2v) is 6.62. The summed E-state index contributed by atoms with van der Waals surface area (Å²) in [4.78, 5) is 12.2. The average Bonchev–Trinajstić information content (AvgIpc) is 2.44. The molecule has 0 fully saturated rings. The van der Waals surface area contributed by atoms with Crippen LogP contribution in [0.1, 0.15) is 27.0 Å². The van der Waals surface area contributed by atoms with Crippen molar-refractivity contribution in [3.8, 4) is 0 Å². The van der Waals surface area contributed by atoms with Gasteiger partial charge in [-0.2, -0.15) is 0 Å². The second-order valence-electron chi connectivity index (χ2n) is 4.85. The third kappa shape index (κ3) is 3.92. The maximum absolute atomic E-state index is 13.6. The van der Waals surface area contributed by atoms with Gasteiger partial charge in [0.1, 0.15) is 5.82 Å². The topological polar surface area (TPSA) is 29.1 Å². The van der Waals surface area contributed by atoms with Crippen molar-refractivity contribution in [1.29, 1.82) is 0 Å². The predicted molar refractivity (Wildman–Crippen MR) is 88.9 cm³/mol. The molecule has 0 unspecified atom stereocenters. The van der Waals surface area contributed by atoms with Gasteiger partial charge in [0.05, 0.1) is 5.56 Å². The van der Waals surface area contributed by atoms with Gasteiger partial charge < -0.3 is 5.32 Å². The van der Waals surface area contributed by atoms with E-state index in [2.05, 4.69) is 37.2 Å². The maximum atomic E-state index is 13.6. The quantitative estimate of drug-likeness (QED) is 0.760. The van der Waals surface area contributed by atoms with Crippen LogP contribution in [-0.4, -0.2) is 5.91 Å². The lowest BCUT2D eigenvalue weighted by Gasteiger charge is -2.10. The maximum Gasteiger partial charge on any atom is 0.252 e. The lowest BCUT2D eigenvalue weighted by Crippen LogP contribution is -2.23. The average molecular weight is 415 g/mol. The van der Waals surface area contributed by atoms with Crippen LogP contribution in [0.5, 0.6) is 0 Å². The molecule has 0 aliphatic carbocycles. The number of aryl methyl sites for hydroxylation is 2.